The second kappa shape index (κ2) is 7.04. The molecule has 2 fully saturated rings. The minimum absolute atomic E-state index is 0.0293. The van der Waals surface area contributed by atoms with Gasteiger partial charge >= 0.3 is 0 Å². The second-order valence-electron chi connectivity index (χ2n) is 8.52. The minimum atomic E-state index is -0.401. The lowest BCUT2D eigenvalue weighted by atomic mass is 9.80. The van der Waals surface area contributed by atoms with Gasteiger partial charge in [0.05, 0.1) is 5.41 Å². The molecular weight excluding hydrogens is 354 g/mol. The molecule has 148 valence electrons. The lowest BCUT2D eigenvalue weighted by molar-refractivity contribution is -0.131. The van der Waals surface area contributed by atoms with E-state index in [4.69, 9.17) is 0 Å². The molecule has 2 saturated heterocycles. The summed E-state index contributed by atoms with van der Waals surface area (Å²) in [5.74, 6) is 2.15. The van der Waals surface area contributed by atoms with Crippen LogP contribution < -0.4 is 0 Å². The van der Waals surface area contributed by atoms with Crippen LogP contribution in [0.25, 0.3) is 0 Å². The second-order valence-corrected chi connectivity index (χ2v) is 8.52. The summed E-state index contributed by atoms with van der Waals surface area (Å²) in [6, 6.07) is 9.36. The van der Waals surface area contributed by atoms with Gasteiger partial charge in [0.1, 0.15) is 5.82 Å². The van der Waals surface area contributed by atoms with Gasteiger partial charge < -0.3 is 9.80 Å². The normalized spacial score (nSPS) is 24.1. The summed E-state index contributed by atoms with van der Waals surface area (Å²) >= 11 is 0. The van der Waals surface area contributed by atoms with Gasteiger partial charge in [-0.05, 0) is 25.0 Å². The maximum Gasteiger partial charge on any atom is 0.253 e. The summed E-state index contributed by atoms with van der Waals surface area (Å²) in [5.41, 5.74) is 0.290. The van der Waals surface area contributed by atoms with Gasteiger partial charge in [-0.3, -0.25) is 14.7 Å². The van der Waals surface area contributed by atoms with E-state index >= 15 is 0 Å². The Bertz CT molecular complexity index is 878. The molecule has 1 N–H and O–H groups in total. The van der Waals surface area contributed by atoms with Crippen LogP contribution in [0.4, 0.5) is 0 Å². The lowest BCUT2D eigenvalue weighted by Gasteiger charge is -2.27. The molecule has 7 heteroatoms. The Morgan fingerprint density at radius 3 is 2.50 bits per heavy atom. The van der Waals surface area contributed by atoms with Crippen molar-refractivity contribution in [3.05, 3.63) is 47.5 Å². The van der Waals surface area contributed by atoms with E-state index in [0.29, 0.717) is 44.1 Å². The highest BCUT2D eigenvalue weighted by Crippen LogP contribution is 2.44. The number of rotatable bonds is 4. The average Bonchev–Trinajstić information content (AvgIpc) is 3.33. The smallest absolute Gasteiger partial charge is 0.253 e. The van der Waals surface area contributed by atoms with E-state index in [-0.39, 0.29) is 17.7 Å². The summed E-state index contributed by atoms with van der Waals surface area (Å²) in [6.45, 7) is 8.37. The van der Waals surface area contributed by atoms with Crippen molar-refractivity contribution >= 4 is 11.8 Å². The molecule has 2 aliphatic rings. The third kappa shape index (κ3) is 3.19. The molecule has 2 atom stereocenters. The summed E-state index contributed by atoms with van der Waals surface area (Å²) in [7, 11) is 0. The molecule has 3 heterocycles. The first-order valence-corrected chi connectivity index (χ1v) is 9.90. The van der Waals surface area contributed by atoms with Gasteiger partial charge in [-0.1, -0.05) is 32.0 Å². The van der Waals surface area contributed by atoms with Crippen LogP contribution in [-0.2, 0) is 10.2 Å². The number of aromatic nitrogens is 3. The third-order valence-electron chi connectivity index (χ3n) is 5.90. The molecule has 4 rings (SSSR count). The molecule has 0 bridgehead atoms. The molecule has 0 aliphatic carbocycles. The molecule has 0 saturated carbocycles. The number of hydrogen-bond donors (Lipinski definition) is 1. The van der Waals surface area contributed by atoms with Crippen LogP contribution in [-0.4, -0.2) is 63.0 Å². The fourth-order valence-corrected chi connectivity index (χ4v) is 4.53. The van der Waals surface area contributed by atoms with Gasteiger partial charge in [0.2, 0.25) is 5.91 Å². The summed E-state index contributed by atoms with van der Waals surface area (Å²) in [5, 5.41) is 7.38. The van der Waals surface area contributed by atoms with Crippen molar-refractivity contribution in [3.63, 3.8) is 0 Å². The highest BCUT2D eigenvalue weighted by atomic mass is 16.2. The first kappa shape index (κ1) is 18.7. The Hall–Kier alpha value is -2.70. The van der Waals surface area contributed by atoms with E-state index in [0.717, 1.165) is 11.6 Å². The van der Waals surface area contributed by atoms with E-state index in [9.17, 15) is 9.59 Å². The molecule has 1 aromatic carbocycles. The van der Waals surface area contributed by atoms with E-state index < -0.39 is 5.41 Å². The quantitative estimate of drug-likeness (QED) is 0.878. The highest BCUT2D eigenvalue weighted by molar-refractivity contribution is 5.94. The number of benzene rings is 1. The molecule has 28 heavy (non-hydrogen) atoms. The SMILES string of the molecule is Cc1nc([C@@]23CN(C(=O)CC(C)C)C[C@@H]2CN(C(=O)c2ccccc2)C3)n[nH]1. The monoisotopic (exact) mass is 381 g/mol. The zero-order chi connectivity index (χ0) is 19.9. The Balaban J connectivity index is 1.61. The minimum Gasteiger partial charge on any atom is -0.341 e. The molecule has 1 aromatic heterocycles. The molecule has 7 nitrogen and oxygen atoms in total. The molecule has 2 aliphatic heterocycles. The van der Waals surface area contributed by atoms with Crippen LogP contribution in [0.15, 0.2) is 30.3 Å². The summed E-state index contributed by atoms with van der Waals surface area (Å²) < 4.78 is 0. The van der Waals surface area contributed by atoms with Gasteiger partial charge in [0.25, 0.3) is 5.91 Å². The van der Waals surface area contributed by atoms with Crippen LogP contribution >= 0.6 is 0 Å². The van der Waals surface area contributed by atoms with Gasteiger partial charge in [-0.25, -0.2) is 4.98 Å². The van der Waals surface area contributed by atoms with Crippen molar-refractivity contribution in [2.45, 2.75) is 32.6 Å². The van der Waals surface area contributed by atoms with Gasteiger partial charge in [0, 0.05) is 44.1 Å². The Kier molecular flexibility index (Phi) is 4.69. The van der Waals surface area contributed by atoms with Gasteiger partial charge in [-0.15, -0.1) is 0 Å². The number of aromatic amines is 1. The number of H-pyrrole nitrogens is 1. The molecule has 2 amide bonds. The molecule has 0 unspecified atom stereocenters. The summed E-state index contributed by atoms with van der Waals surface area (Å²) in [4.78, 5) is 34.2. The van der Waals surface area contributed by atoms with E-state index in [1.165, 1.54) is 0 Å². The number of fused-ring (bicyclic) bond motifs is 1. The van der Waals surface area contributed by atoms with Crippen molar-refractivity contribution < 1.29 is 9.59 Å². The van der Waals surface area contributed by atoms with E-state index in [1.807, 2.05) is 47.1 Å². The standard InChI is InChI=1S/C21H27N5O2/c1-14(2)9-18(27)25-10-17-11-26(19(28)16-7-5-4-6-8-16)13-21(17,12-25)20-22-15(3)23-24-20/h4-8,14,17H,9-13H2,1-3H3,(H,22,23,24)/t17-,21-/m1/s1. The van der Waals surface area contributed by atoms with Crippen molar-refractivity contribution in [2.75, 3.05) is 26.2 Å². The van der Waals surface area contributed by atoms with Crippen molar-refractivity contribution in [3.8, 4) is 0 Å². The fraction of sp³-hybridized carbons (Fsp3) is 0.524. The third-order valence-corrected chi connectivity index (χ3v) is 5.90. The number of hydrogen-bond acceptors (Lipinski definition) is 4. The van der Waals surface area contributed by atoms with Gasteiger partial charge in [0.15, 0.2) is 5.82 Å². The topological polar surface area (TPSA) is 82.2 Å². The number of amides is 2. The lowest BCUT2D eigenvalue weighted by Crippen LogP contribution is -2.42. The molecule has 0 radical (unpaired) electrons. The zero-order valence-electron chi connectivity index (χ0n) is 16.7. The zero-order valence-corrected chi connectivity index (χ0v) is 16.7. The number of likely N-dealkylation sites (tertiary alicyclic amines) is 2. The first-order valence-electron chi connectivity index (χ1n) is 9.90. The van der Waals surface area contributed by atoms with Crippen molar-refractivity contribution in [1.29, 1.82) is 0 Å². The Morgan fingerprint density at radius 2 is 1.86 bits per heavy atom. The predicted molar refractivity (Wildman–Crippen MR) is 105 cm³/mol. The fourth-order valence-electron chi connectivity index (χ4n) is 4.53. The first-order chi connectivity index (χ1) is 13.4. The van der Waals surface area contributed by atoms with E-state index in [2.05, 4.69) is 29.0 Å². The number of carbonyl (C=O) groups excluding carboxylic acids is 2. The van der Waals surface area contributed by atoms with Crippen LogP contribution in [0.1, 0.15) is 42.3 Å². The van der Waals surface area contributed by atoms with Crippen LogP contribution in [0, 0.1) is 18.8 Å². The summed E-state index contributed by atoms with van der Waals surface area (Å²) in [6.07, 6.45) is 0.544. The number of nitrogens with one attached hydrogen (secondary N) is 1. The Labute approximate surface area is 165 Å². The van der Waals surface area contributed by atoms with Crippen LogP contribution in [0.5, 0.6) is 0 Å². The van der Waals surface area contributed by atoms with Crippen molar-refractivity contribution in [1.82, 2.24) is 25.0 Å². The number of aryl methyl sites for hydroxylation is 1. The van der Waals surface area contributed by atoms with E-state index in [1.54, 1.807) is 0 Å². The average molecular weight is 381 g/mol. The maximum atomic E-state index is 13.0. The number of carbonyl (C=O) groups is 2. The largest absolute Gasteiger partial charge is 0.341 e. The predicted octanol–water partition coefficient (Wildman–Crippen LogP) is 2.01. The van der Waals surface area contributed by atoms with Gasteiger partial charge in [-0.2, -0.15) is 5.10 Å². The van der Waals surface area contributed by atoms with Crippen molar-refractivity contribution in [2.24, 2.45) is 11.8 Å². The highest BCUT2D eigenvalue weighted by Gasteiger charge is 2.57. The molecular formula is C21H27N5O2. The Morgan fingerprint density at radius 1 is 1.18 bits per heavy atom. The van der Waals surface area contributed by atoms with Crippen LogP contribution in [0.3, 0.4) is 0 Å². The molecule has 2 aromatic rings. The maximum absolute atomic E-state index is 13.0. The molecule has 0 spiro atoms. The van der Waals surface area contributed by atoms with Crippen LogP contribution in [0.2, 0.25) is 0 Å². The number of nitrogens with zero attached hydrogens (tertiary/aromatic N) is 4.